The SMILES string of the molecule is N#CCCC1OCC(CO)O1. The van der Waals surface area contributed by atoms with Crippen LogP contribution in [0.25, 0.3) is 0 Å². The summed E-state index contributed by atoms with van der Waals surface area (Å²) in [4.78, 5) is 0. The fourth-order valence-electron chi connectivity index (χ4n) is 0.937. The van der Waals surface area contributed by atoms with Crippen molar-refractivity contribution >= 4 is 0 Å². The topological polar surface area (TPSA) is 62.5 Å². The minimum Gasteiger partial charge on any atom is -0.394 e. The average molecular weight is 157 g/mol. The fourth-order valence-corrected chi connectivity index (χ4v) is 0.937. The lowest BCUT2D eigenvalue weighted by Crippen LogP contribution is -2.16. The molecule has 0 aliphatic carbocycles. The molecule has 62 valence electrons. The Balaban J connectivity index is 2.15. The predicted octanol–water partition coefficient (Wildman–Crippen LogP) is 0.0240. The second-order valence-electron chi connectivity index (χ2n) is 2.40. The molecule has 0 saturated carbocycles. The molecular weight excluding hydrogens is 146 g/mol. The van der Waals surface area contributed by atoms with Gasteiger partial charge in [0.25, 0.3) is 0 Å². The first-order valence-corrected chi connectivity index (χ1v) is 3.61. The van der Waals surface area contributed by atoms with E-state index < -0.39 is 0 Å². The third-order valence-corrected chi connectivity index (χ3v) is 1.51. The van der Waals surface area contributed by atoms with Crippen LogP contribution >= 0.6 is 0 Å². The van der Waals surface area contributed by atoms with Crippen LogP contribution in [0.15, 0.2) is 0 Å². The number of hydrogen-bond donors (Lipinski definition) is 1. The van der Waals surface area contributed by atoms with Gasteiger partial charge < -0.3 is 14.6 Å². The number of hydrogen-bond acceptors (Lipinski definition) is 4. The van der Waals surface area contributed by atoms with E-state index >= 15 is 0 Å². The first-order chi connectivity index (χ1) is 5.36. The summed E-state index contributed by atoms with van der Waals surface area (Å²) in [6.07, 6.45) is 0.543. The van der Waals surface area contributed by atoms with Crippen LogP contribution in [-0.2, 0) is 9.47 Å². The van der Waals surface area contributed by atoms with Crippen LogP contribution in [0.1, 0.15) is 12.8 Å². The average Bonchev–Trinajstić information content (AvgIpc) is 2.48. The summed E-state index contributed by atoms with van der Waals surface area (Å²) in [6.45, 7) is 0.426. The molecule has 2 unspecified atom stereocenters. The number of nitriles is 1. The molecule has 0 spiro atoms. The van der Waals surface area contributed by atoms with E-state index in [0.717, 1.165) is 0 Å². The van der Waals surface area contributed by atoms with E-state index in [-0.39, 0.29) is 19.0 Å². The molecule has 0 aromatic carbocycles. The zero-order valence-electron chi connectivity index (χ0n) is 6.19. The lowest BCUT2D eigenvalue weighted by atomic mass is 10.3. The van der Waals surface area contributed by atoms with Crippen LogP contribution < -0.4 is 0 Å². The smallest absolute Gasteiger partial charge is 0.159 e. The molecule has 0 aromatic heterocycles. The summed E-state index contributed by atoms with van der Waals surface area (Å²) in [5.74, 6) is 0. The molecule has 11 heavy (non-hydrogen) atoms. The minimum absolute atomic E-state index is 0.0109. The maximum atomic E-state index is 8.64. The van der Waals surface area contributed by atoms with Crippen molar-refractivity contribution in [2.45, 2.75) is 25.2 Å². The molecule has 0 bridgehead atoms. The van der Waals surface area contributed by atoms with Crippen molar-refractivity contribution in [1.82, 2.24) is 0 Å². The molecule has 4 heteroatoms. The summed E-state index contributed by atoms with van der Waals surface area (Å²) < 4.78 is 10.3. The number of aliphatic hydroxyl groups excluding tert-OH is 1. The van der Waals surface area contributed by atoms with Gasteiger partial charge in [0, 0.05) is 12.8 Å². The maximum Gasteiger partial charge on any atom is 0.159 e. The van der Waals surface area contributed by atoms with Crippen molar-refractivity contribution in [1.29, 1.82) is 5.26 Å². The van der Waals surface area contributed by atoms with E-state index in [1.165, 1.54) is 0 Å². The molecule has 1 N–H and O–H groups in total. The molecule has 1 saturated heterocycles. The van der Waals surface area contributed by atoms with E-state index in [1.807, 2.05) is 6.07 Å². The van der Waals surface area contributed by atoms with E-state index in [9.17, 15) is 0 Å². The van der Waals surface area contributed by atoms with Gasteiger partial charge in [-0.1, -0.05) is 0 Å². The van der Waals surface area contributed by atoms with E-state index in [0.29, 0.717) is 19.4 Å². The summed E-state index contributed by atoms with van der Waals surface area (Å²) in [6, 6.07) is 2.00. The second kappa shape index (κ2) is 4.29. The van der Waals surface area contributed by atoms with Crippen molar-refractivity contribution in [3.63, 3.8) is 0 Å². The summed E-state index contributed by atoms with van der Waals surface area (Å²) >= 11 is 0. The van der Waals surface area contributed by atoms with Gasteiger partial charge in [0.05, 0.1) is 19.3 Å². The molecule has 1 heterocycles. The van der Waals surface area contributed by atoms with Crippen LogP contribution in [0.3, 0.4) is 0 Å². The third-order valence-electron chi connectivity index (χ3n) is 1.51. The van der Waals surface area contributed by atoms with Crippen LogP contribution in [0.4, 0.5) is 0 Å². The van der Waals surface area contributed by atoms with Crippen LogP contribution in [-0.4, -0.2) is 30.7 Å². The fraction of sp³-hybridized carbons (Fsp3) is 0.857. The highest BCUT2D eigenvalue weighted by atomic mass is 16.7. The van der Waals surface area contributed by atoms with Gasteiger partial charge >= 0.3 is 0 Å². The zero-order chi connectivity index (χ0) is 8.10. The van der Waals surface area contributed by atoms with Gasteiger partial charge in [0.2, 0.25) is 0 Å². The van der Waals surface area contributed by atoms with E-state index in [1.54, 1.807) is 0 Å². The number of nitrogens with zero attached hydrogens (tertiary/aromatic N) is 1. The summed E-state index contributed by atoms with van der Waals surface area (Å²) in [5, 5.41) is 16.9. The van der Waals surface area contributed by atoms with E-state index in [2.05, 4.69) is 0 Å². The standard InChI is InChI=1S/C7H11NO3/c8-3-1-2-7-10-5-6(4-9)11-7/h6-7,9H,1-2,4-5H2. The Morgan fingerprint density at radius 2 is 2.45 bits per heavy atom. The number of ether oxygens (including phenoxy) is 2. The molecule has 0 aromatic rings. The molecule has 1 aliphatic rings. The highest BCUT2D eigenvalue weighted by Gasteiger charge is 2.24. The molecule has 0 radical (unpaired) electrons. The normalized spacial score (nSPS) is 30.2. The number of aliphatic hydroxyl groups is 1. The highest BCUT2D eigenvalue weighted by molar-refractivity contribution is 4.72. The highest BCUT2D eigenvalue weighted by Crippen LogP contribution is 2.14. The molecule has 4 nitrogen and oxygen atoms in total. The molecular formula is C7H11NO3. The van der Waals surface area contributed by atoms with Gasteiger partial charge in [-0.25, -0.2) is 0 Å². The minimum atomic E-state index is -0.285. The van der Waals surface area contributed by atoms with Crippen molar-refractivity contribution in [3.05, 3.63) is 0 Å². The lowest BCUT2D eigenvalue weighted by Gasteiger charge is -2.06. The molecule has 1 aliphatic heterocycles. The quantitative estimate of drug-likeness (QED) is 0.627. The van der Waals surface area contributed by atoms with Gasteiger partial charge in [-0.2, -0.15) is 5.26 Å². The van der Waals surface area contributed by atoms with Crippen molar-refractivity contribution < 1.29 is 14.6 Å². The van der Waals surface area contributed by atoms with E-state index in [4.69, 9.17) is 19.8 Å². The van der Waals surface area contributed by atoms with Crippen LogP contribution in [0, 0.1) is 11.3 Å². The Kier molecular flexibility index (Phi) is 3.30. The summed E-state index contributed by atoms with van der Waals surface area (Å²) in [7, 11) is 0. The van der Waals surface area contributed by atoms with Gasteiger partial charge in [0.15, 0.2) is 6.29 Å². The molecule has 1 rings (SSSR count). The Hall–Kier alpha value is -0.630. The zero-order valence-corrected chi connectivity index (χ0v) is 6.19. The Morgan fingerprint density at radius 3 is 3.00 bits per heavy atom. The van der Waals surface area contributed by atoms with Gasteiger partial charge in [-0.05, 0) is 0 Å². The van der Waals surface area contributed by atoms with Gasteiger partial charge in [-0.3, -0.25) is 0 Å². The molecule has 0 amide bonds. The Morgan fingerprint density at radius 1 is 1.64 bits per heavy atom. The molecule has 2 atom stereocenters. The van der Waals surface area contributed by atoms with Crippen molar-refractivity contribution in [2.75, 3.05) is 13.2 Å². The summed E-state index contributed by atoms with van der Waals surface area (Å²) in [5.41, 5.74) is 0. The first-order valence-electron chi connectivity index (χ1n) is 3.61. The van der Waals surface area contributed by atoms with Crippen molar-refractivity contribution in [3.8, 4) is 6.07 Å². The van der Waals surface area contributed by atoms with Gasteiger partial charge in [-0.15, -0.1) is 0 Å². The van der Waals surface area contributed by atoms with Gasteiger partial charge in [0.1, 0.15) is 6.10 Å². The maximum absolute atomic E-state index is 8.64. The Labute approximate surface area is 65.3 Å². The lowest BCUT2D eigenvalue weighted by molar-refractivity contribution is -0.0680. The first kappa shape index (κ1) is 8.47. The largest absolute Gasteiger partial charge is 0.394 e. The van der Waals surface area contributed by atoms with Crippen molar-refractivity contribution in [2.24, 2.45) is 0 Å². The predicted molar refractivity (Wildman–Crippen MR) is 36.5 cm³/mol. The Bertz CT molecular complexity index is 154. The van der Waals surface area contributed by atoms with Crippen LogP contribution in [0.2, 0.25) is 0 Å². The third kappa shape index (κ3) is 2.46. The number of rotatable bonds is 3. The molecule has 1 fully saturated rings. The van der Waals surface area contributed by atoms with Crippen LogP contribution in [0.5, 0.6) is 0 Å². The monoisotopic (exact) mass is 157 g/mol. The second-order valence-corrected chi connectivity index (χ2v) is 2.40.